The third-order valence-electron chi connectivity index (χ3n) is 2.28. The zero-order chi connectivity index (χ0) is 16.0. The van der Waals surface area contributed by atoms with Crippen LogP contribution in [0.3, 0.4) is 0 Å². The third kappa shape index (κ3) is 4.60. The highest BCUT2D eigenvalue weighted by atomic mass is 28.4. The summed E-state index contributed by atoms with van der Waals surface area (Å²) in [6, 6.07) is 6.18. The van der Waals surface area contributed by atoms with Crippen LogP contribution in [0.4, 0.5) is 0 Å². The summed E-state index contributed by atoms with van der Waals surface area (Å²) in [7, 11) is -2.51. The number of benzene rings is 1. The lowest BCUT2D eigenvalue weighted by Crippen LogP contribution is -2.59. The molecule has 1 aromatic rings. The Hall–Kier alpha value is -2.35. The predicted octanol–water partition coefficient (Wildman–Crippen LogP) is 0.530. The minimum absolute atomic E-state index is 0.295. The minimum Gasteiger partial charge on any atom is -0.497 e. The molecule has 114 valence electrons. The molecular weight excluding hydrogens is 296 g/mol. The average Bonchev–Trinajstić information content (AvgIpc) is 2.36. The van der Waals surface area contributed by atoms with E-state index >= 15 is 0 Å². The molecule has 1 aromatic carbocycles. The van der Waals surface area contributed by atoms with E-state index in [1.54, 1.807) is 12.1 Å². The third-order valence-corrected chi connectivity index (χ3v) is 4.99. The molecule has 0 amide bonds. The van der Waals surface area contributed by atoms with Crippen LogP contribution in [-0.2, 0) is 27.7 Å². The van der Waals surface area contributed by atoms with E-state index in [9.17, 15) is 14.4 Å². The summed E-state index contributed by atoms with van der Waals surface area (Å²) >= 11 is 0. The molecule has 0 heterocycles. The zero-order valence-electron chi connectivity index (χ0n) is 12.2. The molecule has 0 saturated heterocycles. The van der Waals surface area contributed by atoms with Crippen molar-refractivity contribution in [1.29, 1.82) is 0 Å². The lowest BCUT2D eigenvalue weighted by atomic mass is 10.3. The SMILES string of the molecule is COc1ccc([Si](OC(C)=O)(OC(C)=O)OC(C)=O)cc1. The van der Waals surface area contributed by atoms with Gasteiger partial charge in [0.1, 0.15) is 5.75 Å². The Morgan fingerprint density at radius 3 is 1.48 bits per heavy atom. The van der Waals surface area contributed by atoms with Gasteiger partial charge in [-0.1, -0.05) is 0 Å². The van der Waals surface area contributed by atoms with Crippen LogP contribution < -0.4 is 9.92 Å². The highest BCUT2D eigenvalue weighted by molar-refractivity contribution is 6.79. The maximum Gasteiger partial charge on any atom is 0.742 e. The van der Waals surface area contributed by atoms with Gasteiger partial charge in [-0.15, -0.1) is 0 Å². The number of methoxy groups -OCH3 is 1. The molecule has 0 N–H and O–H groups in total. The maximum absolute atomic E-state index is 11.3. The van der Waals surface area contributed by atoms with E-state index in [4.69, 9.17) is 18.0 Å². The van der Waals surface area contributed by atoms with Crippen LogP contribution in [0.1, 0.15) is 20.8 Å². The van der Waals surface area contributed by atoms with Crippen molar-refractivity contribution in [3.8, 4) is 5.75 Å². The molecule has 0 aromatic heterocycles. The lowest BCUT2D eigenvalue weighted by molar-refractivity contribution is -0.146. The highest BCUT2D eigenvalue weighted by Crippen LogP contribution is 2.15. The second kappa shape index (κ2) is 6.89. The van der Waals surface area contributed by atoms with E-state index in [2.05, 4.69) is 0 Å². The molecule has 0 fully saturated rings. The fourth-order valence-electron chi connectivity index (χ4n) is 1.60. The Morgan fingerprint density at radius 1 is 0.810 bits per heavy atom. The molecule has 7 nitrogen and oxygen atoms in total. The van der Waals surface area contributed by atoms with Crippen molar-refractivity contribution in [3.05, 3.63) is 24.3 Å². The molecule has 0 saturated carbocycles. The summed E-state index contributed by atoms with van der Waals surface area (Å²) in [5, 5.41) is 0.295. The predicted molar refractivity (Wildman–Crippen MR) is 73.7 cm³/mol. The first kappa shape index (κ1) is 16.7. The molecule has 0 atom stereocenters. The van der Waals surface area contributed by atoms with E-state index in [1.807, 2.05) is 0 Å². The van der Waals surface area contributed by atoms with E-state index < -0.39 is 26.7 Å². The van der Waals surface area contributed by atoms with Crippen LogP contribution in [0.15, 0.2) is 24.3 Å². The largest absolute Gasteiger partial charge is 0.742 e. The first-order valence-corrected chi connectivity index (χ1v) is 7.75. The van der Waals surface area contributed by atoms with Gasteiger partial charge in [-0.2, -0.15) is 0 Å². The van der Waals surface area contributed by atoms with Gasteiger partial charge in [-0.3, -0.25) is 14.4 Å². The second-order valence-electron chi connectivity index (χ2n) is 4.07. The van der Waals surface area contributed by atoms with E-state index in [-0.39, 0.29) is 0 Å². The molecule has 0 spiro atoms. The van der Waals surface area contributed by atoms with Crippen LogP contribution in [0.5, 0.6) is 5.75 Å². The zero-order valence-corrected chi connectivity index (χ0v) is 13.2. The van der Waals surface area contributed by atoms with Gasteiger partial charge in [0.25, 0.3) is 17.9 Å². The van der Waals surface area contributed by atoms with Crippen LogP contribution in [-0.4, -0.2) is 33.8 Å². The number of carbonyl (C=O) groups excluding carboxylic acids is 3. The Balaban J connectivity index is 3.32. The Kier molecular flexibility index (Phi) is 5.48. The topological polar surface area (TPSA) is 88.1 Å². The molecular formula is C13H16O7Si. The van der Waals surface area contributed by atoms with Gasteiger partial charge < -0.3 is 18.0 Å². The second-order valence-corrected chi connectivity index (χ2v) is 6.37. The quantitative estimate of drug-likeness (QED) is 0.733. The molecule has 0 bridgehead atoms. The van der Waals surface area contributed by atoms with Gasteiger partial charge in [0, 0.05) is 20.8 Å². The fourth-order valence-corrected chi connectivity index (χ4v) is 3.79. The van der Waals surface area contributed by atoms with Crippen molar-refractivity contribution < 1.29 is 32.4 Å². The lowest BCUT2D eigenvalue weighted by Gasteiger charge is -2.26. The van der Waals surface area contributed by atoms with Crippen LogP contribution >= 0.6 is 0 Å². The number of carbonyl (C=O) groups is 3. The van der Waals surface area contributed by atoms with E-state index in [1.165, 1.54) is 19.2 Å². The fraction of sp³-hybridized carbons (Fsp3) is 0.308. The molecule has 8 heteroatoms. The van der Waals surface area contributed by atoms with Gasteiger partial charge in [0.2, 0.25) is 0 Å². The number of hydrogen-bond acceptors (Lipinski definition) is 7. The molecule has 0 unspecified atom stereocenters. The maximum atomic E-state index is 11.3. The smallest absolute Gasteiger partial charge is 0.497 e. The number of ether oxygens (including phenoxy) is 1. The highest BCUT2D eigenvalue weighted by Gasteiger charge is 2.54. The summed E-state index contributed by atoms with van der Waals surface area (Å²) in [6.07, 6.45) is 0. The molecule has 21 heavy (non-hydrogen) atoms. The van der Waals surface area contributed by atoms with Crippen molar-refractivity contribution in [3.63, 3.8) is 0 Å². The summed E-state index contributed by atoms with van der Waals surface area (Å²) in [4.78, 5) is 34.0. The molecule has 0 aliphatic heterocycles. The Bertz CT molecular complexity index is 497. The summed E-state index contributed by atoms with van der Waals surface area (Å²) in [5.74, 6) is -1.62. The normalized spacial score (nSPS) is 10.5. The minimum atomic E-state index is -4.00. The summed E-state index contributed by atoms with van der Waals surface area (Å²) in [6.45, 7) is 3.41. The first-order valence-electron chi connectivity index (χ1n) is 6.02. The monoisotopic (exact) mass is 312 g/mol. The van der Waals surface area contributed by atoms with E-state index in [0.717, 1.165) is 20.8 Å². The molecule has 1 rings (SSSR count). The van der Waals surface area contributed by atoms with Gasteiger partial charge >= 0.3 is 8.80 Å². The van der Waals surface area contributed by atoms with Gasteiger partial charge in [0.05, 0.1) is 12.3 Å². The Labute approximate surface area is 123 Å². The van der Waals surface area contributed by atoms with Gasteiger partial charge in [0.15, 0.2) is 0 Å². The summed E-state index contributed by atoms with van der Waals surface area (Å²) in [5.41, 5.74) is 0. The van der Waals surface area contributed by atoms with Crippen LogP contribution in [0.2, 0.25) is 0 Å². The Morgan fingerprint density at radius 2 is 1.19 bits per heavy atom. The van der Waals surface area contributed by atoms with Crippen molar-refractivity contribution in [1.82, 2.24) is 0 Å². The molecule has 0 aliphatic carbocycles. The standard InChI is InChI=1S/C13H16O7Si/c1-9(14)18-21(19-10(2)15,20-11(3)16)13-7-5-12(17-4)6-8-13/h5-8H,1-4H3. The van der Waals surface area contributed by atoms with Crippen LogP contribution in [0, 0.1) is 0 Å². The van der Waals surface area contributed by atoms with E-state index in [0.29, 0.717) is 10.9 Å². The molecule has 0 radical (unpaired) electrons. The van der Waals surface area contributed by atoms with Gasteiger partial charge in [-0.25, -0.2) is 0 Å². The van der Waals surface area contributed by atoms with Gasteiger partial charge in [-0.05, 0) is 24.3 Å². The van der Waals surface area contributed by atoms with Crippen molar-refractivity contribution >= 4 is 31.9 Å². The van der Waals surface area contributed by atoms with Crippen molar-refractivity contribution in [2.24, 2.45) is 0 Å². The first-order chi connectivity index (χ1) is 9.79. The average molecular weight is 312 g/mol. The number of hydrogen-bond donors (Lipinski definition) is 0. The number of rotatable bonds is 5. The molecule has 0 aliphatic rings. The summed E-state index contributed by atoms with van der Waals surface area (Å²) < 4.78 is 20.3. The van der Waals surface area contributed by atoms with Crippen molar-refractivity contribution in [2.75, 3.05) is 7.11 Å². The van der Waals surface area contributed by atoms with Crippen molar-refractivity contribution in [2.45, 2.75) is 20.8 Å². The van der Waals surface area contributed by atoms with Crippen LogP contribution in [0.25, 0.3) is 0 Å².